The first-order valence-corrected chi connectivity index (χ1v) is 6.91. The molecule has 1 aromatic rings. The summed E-state index contributed by atoms with van der Waals surface area (Å²) in [6.45, 7) is -0.968. The second-order valence-corrected chi connectivity index (χ2v) is 5.55. The Balaban J connectivity index is 3.04. The van der Waals surface area contributed by atoms with E-state index in [4.69, 9.17) is 14.9 Å². The van der Waals surface area contributed by atoms with Crippen LogP contribution in [0.1, 0.15) is 0 Å². The lowest BCUT2D eigenvalue weighted by Crippen LogP contribution is -2.33. The van der Waals surface area contributed by atoms with E-state index < -0.39 is 27.7 Å². The van der Waals surface area contributed by atoms with Crippen molar-refractivity contribution in [2.45, 2.75) is 11.0 Å². The van der Waals surface area contributed by atoms with E-state index >= 15 is 0 Å². The highest BCUT2D eigenvalue weighted by Crippen LogP contribution is 2.29. The Kier molecular flexibility index (Phi) is 5.39. The van der Waals surface area contributed by atoms with Crippen molar-refractivity contribution < 1.29 is 28.3 Å². The molecule has 0 aliphatic rings. The van der Waals surface area contributed by atoms with Gasteiger partial charge in [-0.1, -0.05) is 0 Å². The van der Waals surface area contributed by atoms with Crippen LogP contribution in [0.3, 0.4) is 0 Å². The minimum Gasteiger partial charge on any atom is -0.490 e. The number of benzene rings is 1. The van der Waals surface area contributed by atoms with Crippen LogP contribution in [-0.2, 0) is 10.0 Å². The van der Waals surface area contributed by atoms with Crippen LogP contribution in [0.2, 0.25) is 0 Å². The minimum atomic E-state index is -3.96. The number of aliphatic hydroxyl groups excluding tert-OH is 2. The molecule has 0 heterocycles. The number of nitrogens with one attached hydrogen (secondary N) is 1. The maximum Gasteiger partial charge on any atom is 0.310 e. The molecule has 20 heavy (non-hydrogen) atoms. The van der Waals surface area contributed by atoms with Crippen LogP contribution in [0.4, 0.5) is 5.69 Å². The number of aliphatic hydroxyl groups is 2. The van der Waals surface area contributed by atoms with Gasteiger partial charge in [-0.2, -0.15) is 0 Å². The van der Waals surface area contributed by atoms with Crippen LogP contribution in [-0.4, -0.2) is 49.9 Å². The fourth-order valence-corrected chi connectivity index (χ4v) is 2.42. The minimum absolute atomic E-state index is 0.194. The fraction of sp³-hybridized carbons (Fsp3) is 0.400. The van der Waals surface area contributed by atoms with Crippen molar-refractivity contribution in [1.29, 1.82) is 0 Å². The van der Waals surface area contributed by atoms with Gasteiger partial charge in [0.05, 0.1) is 29.6 Å². The molecular weight excluding hydrogens is 292 g/mol. The van der Waals surface area contributed by atoms with Gasteiger partial charge in [0.25, 0.3) is 0 Å². The zero-order chi connectivity index (χ0) is 15.3. The van der Waals surface area contributed by atoms with Crippen molar-refractivity contribution in [2.75, 3.05) is 20.3 Å². The second kappa shape index (κ2) is 6.61. The van der Waals surface area contributed by atoms with Crippen LogP contribution in [0, 0.1) is 10.1 Å². The van der Waals surface area contributed by atoms with E-state index in [1.54, 1.807) is 0 Å². The van der Waals surface area contributed by atoms with Gasteiger partial charge in [-0.25, -0.2) is 13.1 Å². The Hall–Kier alpha value is -1.75. The van der Waals surface area contributed by atoms with Crippen molar-refractivity contribution in [3.05, 3.63) is 28.3 Å². The first-order chi connectivity index (χ1) is 9.31. The summed E-state index contributed by atoms with van der Waals surface area (Å²) in [4.78, 5) is 9.75. The highest BCUT2D eigenvalue weighted by Gasteiger charge is 2.21. The lowest BCUT2D eigenvalue weighted by atomic mass is 10.3. The van der Waals surface area contributed by atoms with Crippen LogP contribution in [0.5, 0.6) is 5.75 Å². The molecule has 0 radical (unpaired) electrons. The van der Waals surface area contributed by atoms with E-state index in [0.29, 0.717) is 0 Å². The molecule has 1 aromatic carbocycles. The predicted octanol–water partition coefficient (Wildman–Crippen LogP) is -0.765. The zero-order valence-corrected chi connectivity index (χ0v) is 11.3. The van der Waals surface area contributed by atoms with Gasteiger partial charge in [0.1, 0.15) is 0 Å². The first-order valence-electron chi connectivity index (χ1n) is 5.43. The third-order valence-corrected chi connectivity index (χ3v) is 3.80. The highest BCUT2D eigenvalue weighted by molar-refractivity contribution is 7.89. The van der Waals surface area contributed by atoms with Crippen LogP contribution in [0.15, 0.2) is 23.1 Å². The number of nitro groups is 1. The molecule has 0 aliphatic carbocycles. The molecule has 0 bridgehead atoms. The van der Waals surface area contributed by atoms with E-state index in [2.05, 4.69) is 4.72 Å². The van der Waals surface area contributed by atoms with Gasteiger partial charge in [-0.3, -0.25) is 10.1 Å². The Labute approximate surface area is 115 Å². The lowest BCUT2D eigenvalue weighted by Gasteiger charge is -2.10. The number of rotatable bonds is 7. The van der Waals surface area contributed by atoms with Crippen molar-refractivity contribution >= 4 is 15.7 Å². The summed E-state index contributed by atoms with van der Waals surface area (Å²) in [7, 11) is -2.78. The van der Waals surface area contributed by atoms with Crippen LogP contribution < -0.4 is 9.46 Å². The van der Waals surface area contributed by atoms with Crippen molar-refractivity contribution in [3.8, 4) is 5.75 Å². The summed E-state index contributed by atoms with van der Waals surface area (Å²) < 4.78 is 30.6. The molecule has 1 unspecified atom stereocenters. The Bertz CT molecular complexity index is 587. The van der Waals surface area contributed by atoms with Gasteiger partial charge >= 0.3 is 5.69 Å². The molecule has 0 fully saturated rings. The molecule has 3 N–H and O–H groups in total. The number of sulfonamides is 1. The average Bonchev–Trinajstić information content (AvgIpc) is 2.43. The molecule has 0 amide bonds. The molecule has 1 atom stereocenters. The molecule has 112 valence electrons. The topological polar surface area (TPSA) is 139 Å². The van der Waals surface area contributed by atoms with Crippen molar-refractivity contribution in [3.63, 3.8) is 0 Å². The normalized spacial score (nSPS) is 12.9. The fourth-order valence-electron chi connectivity index (χ4n) is 1.33. The summed E-state index contributed by atoms with van der Waals surface area (Å²) >= 11 is 0. The molecule has 0 saturated carbocycles. The van der Waals surface area contributed by atoms with E-state index in [9.17, 15) is 18.5 Å². The summed E-state index contributed by atoms with van der Waals surface area (Å²) in [6.07, 6.45) is -1.23. The van der Waals surface area contributed by atoms with Crippen molar-refractivity contribution in [1.82, 2.24) is 4.72 Å². The van der Waals surface area contributed by atoms with Crippen molar-refractivity contribution in [2.24, 2.45) is 0 Å². The van der Waals surface area contributed by atoms with Gasteiger partial charge in [-0.15, -0.1) is 0 Å². The number of hydrogen-bond acceptors (Lipinski definition) is 7. The summed E-state index contributed by atoms with van der Waals surface area (Å²) in [5.74, 6) is -0.194. The maximum absolute atomic E-state index is 11.9. The predicted molar refractivity (Wildman–Crippen MR) is 67.9 cm³/mol. The Morgan fingerprint density at radius 3 is 2.65 bits per heavy atom. The number of ether oxygens (including phenoxy) is 1. The smallest absolute Gasteiger partial charge is 0.310 e. The van der Waals surface area contributed by atoms with E-state index in [-0.39, 0.29) is 22.9 Å². The largest absolute Gasteiger partial charge is 0.490 e. The summed E-state index contributed by atoms with van der Waals surface area (Å²) in [5, 5.41) is 28.4. The van der Waals surface area contributed by atoms with Gasteiger partial charge in [-0.05, 0) is 6.07 Å². The number of hydrogen-bond donors (Lipinski definition) is 3. The Morgan fingerprint density at radius 1 is 1.50 bits per heavy atom. The lowest BCUT2D eigenvalue weighted by molar-refractivity contribution is -0.385. The molecule has 1 rings (SSSR count). The van der Waals surface area contributed by atoms with Crippen LogP contribution >= 0.6 is 0 Å². The average molecular weight is 306 g/mol. The van der Waals surface area contributed by atoms with Gasteiger partial charge < -0.3 is 14.9 Å². The van der Waals surface area contributed by atoms with E-state index in [1.807, 2.05) is 0 Å². The standard InChI is InChI=1S/C10H14N2O7S/c1-19-10-4-8(2-3-9(10)12(15)16)20(17,18)11-5-7(14)6-13/h2-4,7,11,13-14H,5-6H2,1H3. The third kappa shape index (κ3) is 3.87. The first kappa shape index (κ1) is 16.3. The Morgan fingerprint density at radius 2 is 2.15 bits per heavy atom. The molecule has 0 spiro atoms. The zero-order valence-electron chi connectivity index (χ0n) is 10.5. The molecule has 0 aromatic heterocycles. The van der Waals surface area contributed by atoms with E-state index in [1.165, 1.54) is 7.11 Å². The molecular formula is C10H14N2O7S. The summed E-state index contributed by atoms with van der Waals surface area (Å²) in [5.41, 5.74) is -0.359. The summed E-state index contributed by atoms with van der Waals surface area (Å²) in [6, 6.07) is 3.07. The third-order valence-electron chi connectivity index (χ3n) is 2.38. The monoisotopic (exact) mass is 306 g/mol. The SMILES string of the molecule is COc1cc(S(=O)(=O)NCC(O)CO)ccc1[N+](=O)[O-]. The molecule has 0 aliphatic heterocycles. The molecule has 0 saturated heterocycles. The molecule has 10 heteroatoms. The van der Waals surface area contributed by atoms with Crippen LogP contribution in [0.25, 0.3) is 0 Å². The highest BCUT2D eigenvalue weighted by atomic mass is 32.2. The van der Waals surface area contributed by atoms with Gasteiger partial charge in [0, 0.05) is 18.7 Å². The number of methoxy groups -OCH3 is 1. The molecule has 9 nitrogen and oxygen atoms in total. The number of nitrogens with zero attached hydrogens (tertiary/aromatic N) is 1. The number of nitro benzene ring substituents is 1. The maximum atomic E-state index is 11.9. The van der Waals surface area contributed by atoms with Gasteiger partial charge in [0.2, 0.25) is 10.0 Å². The quantitative estimate of drug-likeness (QED) is 0.444. The second-order valence-electron chi connectivity index (χ2n) is 3.78. The van der Waals surface area contributed by atoms with E-state index in [0.717, 1.165) is 18.2 Å². The van der Waals surface area contributed by atoms with Gasteiger partial charge in [0.15, 0.2) is 5.75 Å².